The van der Waals surface area contributed by atoms with Crippen molar-refractivity contribution in [3.8, 4) is 0 Å². The summed E-state index contributed by atoms with van der Waals surface area (Å²) in [4.78, 5) is 0. The minimum Gasteiger partial charge on any atom is -0.388 e. The van der Waals surface area contributed by atoms with Crippen molar-refractivity contribution >= 4 is 18.4 Å². The van der Waals surface area contributed by atoms with E-state index in [-0.39, 0.29) is 25.0 Å². The van der Waals surface area contributed by atoms with Crippen LogP contribution in [0.15, 0.2) is 5.10 Å². The van der Waals surface area contributed by atoms with Gasteiger partial charge in [0.1, 0.15) is 18.3 Å². The molecule has 0 radical (unpaired) electrons. The van der Waals surface area contributed by atoms with E-state index in [1.807, 2.05) is 0 Å². The van der Waals surface area contributed by atoms with Crippen LogP contribution in [0, 0.1) is 0 Å². The first kappa shape index (κ1) is 14.2. The van der Waals surface area contributed by atoms with Crippen LogP contribution < -0.4 is 16.9 Å². The van der Waals surface area contributed by atoms with Gasteiger partial charge in [-0.1, -0.05) is 0 Å². The van der Waals surface area contributed by atoms with Crippen molar-refractivity contribution in [2.45, 2.75) is 24.5 Å². The second-order valence-electron chi connectivity index (χ2n) is 2.97. The van der Waals surface area contributed by atoms with Gasteiger partial charge in [-0.3, -0.25) is 5.43 Å². The third-order valence-corrected chi connectivity index (χ3v) is 1.82. The maximum Gasteiger partial charge on any atom is 0.208 e. The zero-order chi connectivity index (χ0) is 10.7. The Morgan fingerprint density at radius 3 is 2.40 bits per heavy atom. The molecule has 4 atom stereocenters. The molecule has 1 aliphatic heterocycles. The third kappa shape index (κ3) is 3.68. The van der Waals surface area contributed by atoms with Crippen molar-refractivity contribution in [1.82, 2.24) is 5.43 Å². The van der Waals surface area contributed by atoms with Crippen molar-refractivity contribution in [1.29, 1.82) is 0 Å². The Balaban J connectivity index is 0.00000196. The normalized spacial score (nSPS) is 35.1. The van der Waals surface area contributed by atoms with Gasteiger partial charge in [0.05, 0.1) is 6.61 Å². The van der Waals surface area contributed by atoms with E-state index in [2.05, 4.69) is 10.5 Å². The van der Waals surface area contributed by atoms with Crippen LogP contribution >= 0.6 is 12.4 Å². The van der Waals surface area contributed by atoms with Gasteiger partial charge in [-0.25, -0.2) is 0 Å². The van der Waals surface area contributed by atoms with Crippen LogP contribution in [0.2, 0.25) is 0 Å². The summed E-state index contributed by atoms with van der Waals surface area (Å²) in [6.45, 7) is -0.101. The van der Waals surface area contributed by atoms with Crippen molar-refractivity contribution in [3.63, 3.8) is 0 Å². The van der Waals surface area contributed by atoms with Gasteiger partial charge in [-0.15, -0.1) is 17.5 Å². The summed E-state index contributed by atoms with van der Waals surface area (Å²) in [5.41, 5.74) is 12.4. The largest absolute Gasteiger partial charge is 0.388 e. The highest BCUT2D eigenvalue weighted by molar-refractivity contribution is 5.85. The van der Waals surface area contributed by atoms with Gasteiger partial charge >= 0.3 is 0 Å². The SMILES string of the molecule is Cl.NC(N)=NNC1OCC(O)C(O)C1O. The Labute approximate surface area is 92.3 Å². The highest BCUT2D eigenvalue weighted by Gasteiger charge is 2.37. The summed E-state index contributed by atoms with van der Waals surface area (Å²) in [7, 11) is 0. The molecule has 8 N–H and O–H groups in total. The molecule has 0 aromatic rings. The number of rotatable bonds is 2. The number of aliphatic hydroxyl groups excluding tert-OH is 3. The van der Waals surface area contributed by atoms with Crippen LogP contribution in [0.4, 0.5) is 0 Å². The fraction of sp³-hybridized carbons (Fsp3) is 0.833. The molecule has 0 aromatic heterocycles. The molecule has 1 saturated heterocycles. The first-order valence-corrected chi connectivity index (χ1v) is 4.02. The molecule has 4 unspecified atom stereocenters. The first-order valence-electron chi connectivity index (χ1n) is 4.02. The van der Waals surface area contributed by atoms with Gasteiger partial charge in [0.25, 0.3) is 0 Å². The number of ether oxygens (including phenoxy) is 1. The molecule has 15 heavy (non-hydrogen) atoms. The number of nitrogens with zero attached hydrogens (tertiary/aromatic N) is 1. The Kier molecular flexibility index (Phi) is 5.61. The van der Waals surface area contributed by atoms with Crippen LogP contribution in [0.3, 0.4) is 0 Å². The van der Waals surface area contributed by atoms with E-state index in [9.17, 15) is 10.2 Å². The minimum atomic E-state index is -1.29. The van der Waals surface area contributed by atoms with Gasteiger partial charge in [-0.2, -0.15) is 0 Å². The third-order valence-electron chi connectivity index (χ3n) is 1.82. The summed E-state index contributed by atoms with van der Waals surface area (Å²) in [5, 5.41) is 31.1. The summed E-state index contributed by atoms with van der Waals surface area (Å²) < 4.78 is 4.93. The number of guanidine groups is 1. The van der Waals surface area contributed by atoms with Crippen molar-refractivity contribution in [2.75, 3.05) is 6.61 Å². The number of hydrogen-bond donors (Lipinski definition) is 6. The number of hydrogen-bond acceptors (Lipinski definition) is 6. The van der Waals surface area contributed by atoms with Crippen LogP contribution in [0.1, 0.15) is 0 Å². The lowest BCUT2D eigenvalue weighted by Gasteiger charge is -2.34. The Hall–Kier alpha value is -0.800. The van der Waals surface area contributed by atoms with Crippen LogP contribution in [-0.4, -0.2) is 52.4 Å². The molecule has 1 heterocycles. The molecule has 90 valence electrons. The molecule has 0 spiro atoms. The first-order chi connectivity index (χ1) is 6.52. The van der Waals surface area contributed by atoms with Crippen molar-refractivity contribution in [2.24, 2.45) is 16.6 Å². The zero-order valence-electron chi connectivity index (χ0n) is 7.78. The zero-order valence-corrected chi connectivity index (χ0v) is 8.59. The molecule has 9 heteroatoms. The molecule has 0 amide bonds. The standard InChI is InChI=1S/C6H14N4O4.ClH/c7-6(8)10-9-5-4(13)3(12)2(11)1-14-5;/h2-5,9,11-13H,1H2,(H4,7,8,10);1H. The monoisotopic (exact) mass is 242 g/mol. The minimum absolute atomic E-state index is 0. The van der Waals surface area contributed by atoms with Crippen LogP contribution in [0.25, 0.3) is 0 Å². The fourth-order valence-electron chi connectivity index (χ4n) is 1.06. The van der Waals surface area contributed by atoms with Gasteiger partial charge in [0.15, 0.2) is 6.23 Å². The number of aliphatic hydroxyl groups is 3. The Morgan fingerprint density at radius 1 is 1.27 bits per heavy atom. The lowest BCUT2D eigenvalue weighted by Crippen LogP contribution is -2.57. The fourth-order valence-corrected chi connectivity index (χ4v) is 1.06. The van der Waals surface area contributed by atoms with E-state index in [1.54, 1.807) is 0 Å². The number of hydrazone groups is 1. The van der Waals surface area contributed by atoms with Gasteiger partial charge in [0, 0.05) is 0 Å². The molecule has 1 fully saturated rings. The Morgan fingerprint density at radius 2 is 1.87 bits per heavy atom. The van der Waals surface area contributed by atoms with Gasteiger partial charge in [0.2, 0.25) is 5.96 Å². The molecule has 0 bridgehead atoms. The van der Waals surface area contributed by atoms with E-state index in [1.165, 1.54) is 0 Å². The second-order valence-corrected chi connectivity index (χ2v) is 2.97. The van der Waals surface area contributed by atoms with E-state index in [0.717, 1.165) is 0 Å². The molecular formula is C6H15ClN4O4. The maximum absolute atomic E-state index is 9.37. The second kappa shape index (κ2) is 5.93. The summed E-state index contributed by atoms with van der Waals surface area (Å²) in [6.07, 6.45) is -4.62. The lowest BCUT2D eigenvalue weighted by molar-refractivity contribution is -0.195. The predicted molar refractivity (Wildman–Crippen MR) is 54.0 cm³/mol. The Bertz CT molecular complexity index is 225. The molecule has 0 saturated carbocycles. The average Bonchev–Trinajstić information content (AvgIpc) is 2.13. The molecule has 8 nitrogen and oxygen atoms in total. The molecule has 0 aliphatic carbocycles. The summed E-state index contributed by atoms with van der Waals surface area (Å²) in [6, 6.07) is 0. The van der Waals surface area contributed by atoms with Crippen LogP contribution in [0.5, 0.6) is 0 Å². The number of halogens is 1. The van der Waals surface area contributed by atoms with Gasteiger partial charge in [-0.05, 0) is 0 Å². The van der Waals surface area contributed by atoms with E-state index < -0.39 is 24.5 Å². The predicted octanol–water partition coefficient (Wildman–Crippen LogP) is -3.37. The molecule has 1 aliphatic rings. The van der Waals surface area contributed by atoms with Crippen molar-refractivity contribution in [3.05, 3.63) is 0 Å². The molecular weight excluding hydrogens is 228 g/mol. The van der Waals surface area contributed by atoms with Gasteiger partial charge < -0.3 is 31.5 Å². The van der Waals surface area contributed by atoms with Crippen LogP contribution in [-0.2, 0) is 4.74 Å². The summed E-state index contributed by atoms with van der Waals surface area (Å²) >= 11 is 0. The topological polar surface area (TPSA) is 146 Å². The molecule has 0 aromatic carbocycles. The van der Waals surface area contributed by atoms with E-state index in [0.29, 0.717) is 0 Å². The highest BCUT2D eigenvalue weighted by atomic mass is 35.5. The maximum atomic E-state index is 9.37. The quantitative estimate of drug-likeness (QED) is 0.168. The summed E-state index contributed by atoms with van der Waals surface area (Å²) in [5.74, 6) is -0.221. The molecule has 1 rings (SSSR count). The number of nitrogens with two attached hydrogens (primary N) is 2. The van der Waals surface area contributed by atoms with E-state index in [4.69, 9.17) is 21.3 Å². The lowest BCUT2D eigenvalue weighted by atomic mass is 10.1. The highest BCUT2D eigenvalue weighted by Crippen LogP contribution is 2.13. The smallest absolute Gasteiger partial charge is 0.208 e. The average molecular weight is 243 g/mol. The van der Waals surface area contributed by atoms with E-state index >= 15 is 0 Å². The number of nitrogens with one attached hydrogen (secondary N) is 1. The van der Waals surface area contributed by atoms with Crippen molar-refractivity contribution < 1.29 is 20.1 Å².